The lowest BCUT2D eigenvalue weighted by molar-refractivity contribution is 0.306. The molecule has 2 N–H and O–H groups in total. The van der Waals surface area contributed by atoms with Crippen molar-refractivity contribution < 1.29 is 4.74 Å². The summed E-state index contributed by atoms with van der Waals surface area (Å²) in [6.07, 6.45) is 1.70. The third kappa shape index (κ3) is 5.18. The normalized spacial score (nSPS) is 10.4. The molecular weight excluding hydrogens is 294 g/mol. The molecule has 0 heterocycles. The fourth-order valence-corrected chi connectivity index (χ4v) is 2.01. The molecule has 0 fully saturated rings. The van der Waals surface area contributed by atoms with E-state index in [0.717, 1.165) is 23.4 Å². The van der Waals surface area contributed by atoms with Crippen LogP contribution in [0.1, 0.15) is 18.1 Å². The van der Waals surface area contributed by atoms with E-state index in [2.05, 4.69) is 15.8 Å². The predicted octanol–water partition coefficient (Wildman–Crippen LogP) is 3.08. The molecule has 0 aliphatic heterocycles. The second kappa shape index (κ2) is 8.79. The Kier molecular flexibility index (Phi) is 6.39. The Hall–Kier alpha value is -2.40. The summed E-state index contributed by atoms with van der Waals surface area (Å²) in [5.74, 6) is 0.784. The van der Waals surface area contributed by atoms with Gasteiger partial charge in [0, 0.05) is 12.1 Å². The second-order valence-electron chi connectivity index (χ2n) is 4.54. The fourth-order valence-electron chi connectivity index (χ4n) is 1.81. The Bertz CT molecular complexity index is 629. The van der Waals surface area contributed by atoms with Crippen molar-refractivity contribution in [3.63, 3.8) is 0 Å². The zero-order valence-electron chi connectivity index (χ0n) is 12.5. The van der Waals surface area contributed by atoms with Gasteiger partial charge in [-0.1, -0.05) is 42.5 Å². The molecule has 0 saturated carbocycles. The van der Waals surface area contributed by atoms with Crippen molar-refractivity contribution in [2.24, 2.45) is 5.10 Å². The van der Waals surface area contributed by atoms with Crippen molar-refractivity contribution in [1.29, 1.82) is 0 Å². The number of ether oxygens (including phenoxy) is 1. The Balaban J connectivity index is 1.97. The summed E-state index contributed by atoms with van der Waals surface area (Å²) in [7, 11) is 0. The average Bonchev–Trinajstić information content (AvgIpc) is 2.55. The van der Waals surface area contributed by atoms with Crippen LogP contribution in [0.15, 0.2) is 59.7 Å². The Morgan fingerprint density at radius 3 is 2.64 bits per heavy atom. The molecule has 0 amide bonds. The Labute approximate surface area is 136 Å². The molecule has 22 heavy (non-hydrogen) atoms. The van der Waals surface area contributed by atoms with Crippen LogP contribution < -0.4 is 15.5 Å². The molecule has 2 aromatic rings. The van der Waals surface area contributed by atoms with Crippen molar-refractivity contribution in [3.8, 4) is 5.75 Å². The third-order valence-corrected chi connectivity index (χ3v) is 3.10. The zero-order chi connectivity index (χ0) is 15.6. The molecule has 0 bridgehead atoms. The first-order chi connectivity index (χ1) is 10.8. The van der Waals surface area contributed by atoms with E-state index in [0.29, 0.717) is 11.7 Å². The van der Waals surface area contributed by atoms with Gasteiger partial charge in [-0.15, -0.1) is 0 Å². The maximum absolute atomic E-state index is 5.86. The van der Waals surface area contributed by atoms with Gasteiger partial charge in [-0.05, 0) is 36.8 Å². The smallest absolute Gasteiger partial charge is 0.186 e. The van der Waals surface area contributed by atoms with Gasteiger partial charge in [-0.2, -0.15) is 5.10 Å². The van der Waals surface area contributed by atoms with Crippen molar-refractivity contribution in [3.05, 3.63) is 65.7 Å². The molecule has 4 nitrogen and oxygen atoms in total. The molecule has 0 unspecified atom stereocenters. The maximum atomic E-state index is 5.86. The minimum absolute atomic E-state index is 0.501. The molecule has 114 valence electrons. The number of thiocarbonyl (C=S) groups is 1. The molecule has 2 rings (SSSR count). The van der Waals surface area contributed by atoms with Crippen LogP contribution in [-0.4, -0.2) is 17.9 Å². The standard InChI is InChI=1S/C17H19N3OS/c1-2-18-17(22)20-19-12-15-10-6-7-11-16(15)21-13-14-8-4-3-5-9-14/h3-12H,2,13H2,1H3,(H2,18,20,22)/b19-12-. The topological polar surface area (TPSA) is 45.7 Å². The van der Waals surface area contributed by atoms with Gasteiger partial charge in [-0.25, -0.2) is 0 Å². The van der Waals surface area contributed by atoms with E-state index in [-0.39, 0.29) is 0 Å². The van der Waals surface area contributed by atoms with Gasteiger partial charge in [0.2, 0.25) is 0 Å². The molecule has 0 saturated heterocycles. The van der Waals surface area contributed by atoms with Crippen LogP contribution in [0, 0.1) is 0 Å². The summed E-state index contributed by atoms with van der Waals surface area (Å²) < 4.78 is 5.86. The Morgan fingerprint density at radius 2 is 1.86 bits per heavy atom. The molecule has 2 aromatic carbocycles. The van der Waals surface area contributed by atoms with Gasteiger partial charge in [0.05, 0.1) is 6.21 Å². The van der Waals surface area contributed by atoms with E-state index in [1.807, 2.05) is 61.5 Å². The molecule has 0 radical (unpaired) electrons. The molecule has 0 atom stereocenters. The largest absolute Gasteiger partial charge is 0.488 e. The first kappa shape index (κ1) is 16.0. The van der Waals surface area contributed by atoms with Crippen LogP contribution in [-0.2, 0) is 6.61 Å². The number of nitrogens with one attached hydrogen (secondary N) is 2. The van der Waals surface area contributed by atoms with Crippen LogP contribution in [0.5, 0.6) is 5.75 Å². The van der Waals surface area contributed by atoms with Crippen LogP contribution >= 0.6 is 12.2 Å². The van der Waals surface area contributed by atoms with Crippen LogP contribution in [0.4, 0.5) is 0 Å². The van der Waals surface area contributed by atoms with Crippen molar-refractivity contribution >= 4 is 23.5 Å². The SMILES string of the molecule is CCNC(=S)N/N=C\c1ccccc1OCc1ccccc1. The lowest BCUT2D eigenvalue weighted by Crippen LogP contribution is -2.31. The lowest BCUT2D eigenvalue weighted by Gasteiger charge is -2.09. The minimum Gasteiger partial charge on any atom is -0.488 e. The number of rotatable bonds is 6. The highest BCUT2D eigenvalue weighted by molar-refractivity contribution is 7.80. The summed E-state index contributed by atoms with van der Waals surface area (Å²) in [6.45, 7) is 3.26. The van der Waals surface area contributed by atoms with Crippen LogP contribution in [0.2, 0.25) is 0 Å². The monoisotopic (exact) mass is 313 g/mol. The van der Waals surface area contributed by atoms with E-state index >= 15 is 0 Å². The van der Waals surface area contributed by atoms with E-state index < -0.39 is 0 Å². The molecule has 0 spiro atoms. The number of hydrogen-bond acceptors (Lipinski definition) is 3. The summed E-state index contributed by atoms with van der Waals surface area (Å²) in [4.78, 5) is 0. The highest BCUT2D eigenvalue weighted by Crippen LogP contribution is 2.17. The number of hydrazone groups is 1. The third-order valence-electron chi connectivity index (χ3n) is 2.86. The minimum atomic E-state index is 0.501. The first-order valence-corrected chi connectivity index (χ1v) is 7.53. The number of benzene rings is 2. The van der Waals surface area contributed by atoms with Crippen molar-refractivity contribution in [2.45, 2.75) is 13.5 Å². The fraction of sp³-hybridized carbons (Fsp3) is 0.176. The Morgan fingerprint density at radius 1 is 1.14 bits per heavy atom. The van der Waals surface area contributed by atoms with Gasteiger partial charge in [0.1, 0.15) is 12.4 Å². The summed E-state index contributed by atoms with van der Waals surface area (Å²) in [6, 6.07) is 17.8. The van der Waals surface area contributed by atoms with Gasteiger partial charge in [0.15, 0.2) is 5.11 Å². The highest BCUT2D eigenvalue weighted by atomic mass is 32.1. The van der Waals surface area contributed by atoms with Crippen LogP contribution in [0.3, 0.4) is 0 Å². The molecule has 0 aliphatic carbocycles. The summed E-state index contributed by atoms with van der Waals surface area (Å²) >= 11 is 5.05. The van der Waals surface area contributed by atoms with E-state index in [4.69, 9.17) is 17.0 Å². The first-order valence-electron chi connectivity index (χ1n) is 7.12. The zero-order valence-corrected chi connectivity index (χ0v) is 13.3. The molecule has 0 aliphatic rings. The quantitative estimate of drug-likeness (QED) is 0.489. The lowest BCUT2D eigenvalue weighted by atomic mass is 10.2. The highest BCUT2D eigenvalue weighted by Gasteiger charge is 2.01. The van der Waals surface area contributed by atoms with E-state index in [9.17, 15) is 0 Å². The van der Waals surface area contributed by atoms with Gasteiger partial charge in [0.25, 0.3) is 0 Å². The van der Waals surface area contributed by atoms with Gasteiger partial charge in [-0.3, -0.25) is 5.43 Å². The van der Waals surface area contributed by atoms with Crippen LogP contribution in [0.25, 0.3) is 0 Å². The number of hydrogen-bond donors (Lipinski definition) is 2. The van der Waals surface area contributed by atoms with E-state index in [1.54, 1.807) is 6.21 Å². The number of para-hydroxylation sites is 1. The van der Waals surface area contributed by atoms with Gasteiger partial charge >= 0.3 is 0 Å². The second-order valence-corrected chi connectivity index (χ2v) is 4.95. The molecular formula is C17H19N3OS. The molecule has 5 heteroatoms. The summed E-state index contributed by atoms with van der Waals surface area (Å²) in [5.41, 5.74) is 4.79. The van der Waals surface area contributed by atoms with Crippen molar-refractivity contribution in [1.82, 2.24) is 10.7 Å². The van der Waals surface area contributed by atoms with Gasteiger partial charge < -0.3 is 10.1 Å². The maximum Gasteiger partial charge on any atom is 0.186 e. The van der Waals surface area contributed by atoms with E-state index in [1.165, 1.54) is 0 Å². The predicted molar refractivity (Wildman–Crippen MR) is 94.2 cm³/mol. The molecule has 0 aromatic heterocycles. The summed E-state index contributed by atoms with van der Waals surface area (Å²) in [5, 5.41) is 7.59. The van der Waals surface area contributed by atoms with Crippen molar-refractivity contribution in [2.75, 3.05) is 6.54 Å². The number of nitrogens with zero attached hydrogens (tertiary/aromatic N) is 1. The average molecular weight is 313 g/mol.